The number of carbonyl (C=O) groups is 1. The summed E-state index contributed by atoms with van der Waals surface area (Å²) in [5.74, 6) is 0.361. The summed E-state index contributed by atoms with van der Waals surface area (Å²) in [6, 6.07) is 5.52. The molecule has 0 fully saturated rings. The zero-order valence-corrected chi connectivity index (χ0v) is 25.4. The van der Waals surface area contributed by atoms with Crippen molar-refractivity contribution in [2.75, 3.05) is 13.2 Å². The average Bonchev–Trinajstić information content (AvgIpc) is 2.87. The molecule has 206 valence electrons. The second kappa shape index (κ2) is 23.0. The predicted octanol–water partition coefficient (Wildman–Crippen LogP) is 9.49. The molecule has 0 unspecified atom stereocenters. The van der Waals surface area contributed by atoms with Gasteiger partial charge in [-0.25, -0.2) is 0 Å². The summed E-state index contributed by atoms with van der Waals surface area (Å²) in [5, 5.41) is 6.36. The van der Waals surface area contributed by atoms with Gasteiger partial charge in [0.25, 0.3) is 5.91 Å². The molecule has 4 nitrogen and oxygen atoms in total. The molecule has 0 heterocycles. The molecule has 0 saturated heterocycles. The summed E-state index contributed by atoms with van der Waals surface area (Å²) in [4.78, 5) is 12.8. The highest BCUT2D eigenvalue weighted by Crippen LogP contribution is 2.23. The van der Waals surface area contributed by atoms with E-state index in [9.17, 15) is 4.79 Å². The van der Waals surface area contributed by atoms with Gasteiger partial charge in [0.2, 0.25) is 0 Å². The lowest BCUT2D eigenvalue weighted by Crippen LogP contribution is -2.39. The van der Waals surface area contributed by atoms with E-state index < -0.39 is 0 Å². The Morgan fingerprint density at radius 2 is 1.28 bits per heavy atom. The minimum atomic E-state index is -0.238. The summed E-state index contributed by atoms with van der Waals surface area (Å²) < 4.78 is 6.73. The van der Waals surface area contributed by atoms with Crippen molar-refractivity contribution >= 4 is 39.2 Å². The van der Waals surface area contributed by atoms with Gasteiger partial charge in [0.05, 0.1) is 12.2 Å². The van der Waals surface area contributed by atoms with E-state index in [0.29, 0.717) is 23.0 Å². The smallest absolute Gasteiger partial charge is 0.261 e. The molecule has 1 aromatic carbocycles. The number of halogens is 1. The van der Waals surface area contributed by atoms with Gasteiger partial charge in [-0.05, 0) is 43.3 Å². The summed E-state index contributed by atoms with van der Waals surface area (Å²) >= 11 is 8.80. The van der Waals surface area contributed by atoms with Gasteiger partial charge in [0, 0.05) is 11.0 Å². The molecule has 0 bridgehead atoms. The Labute approximate surface area is 235 Å². The first-order valence-corrected chi connectivity index (χ1v) is 15.8. The molecule has 0 aliphatic carbocycles. The number of rotatable bonds is 22. The monoisotopic (exact) mass is 582 g/mol. The first kappa shape index (κ1) is 32.9. The molecule has 1 rings (SSSR count). The van der Waals surface area contributed by atoms with Crippen molar-refractivity contribution < 1.29 is 9.53 Å². The van der Waals surface area contributed by atoms with Crippen LogP contribution in [0.5, 0.6) is 5.75 Å². The largest absolute Gasteiger partial charge is 0.493 e. The Bertz CT molecular complexity index is 714. The van der Waals surface area contributed by atoms with Crippen molar-refractivity contribution in [2.24, 2.45) is 0 Å². The van der Waals surface area contributed by atoms with Crippen LogP contribution in [0.2, 0.25) is 0 Å². The van der Waals surface area contributed by atoms with Crippen LogP contribution in [0.3, 0.4) is 0 Å². The molecule has 2 N–H and O–H groups in total. The first-order valence-electron chi connectivity index (χ1n) is 14.6. The minimum absolute atomic E-state index is 0.238. The molecule has 1 amide bonds. The normalized spacial score (nSPS) is 10.9. The zero-order valence-electron chi connectivity index (χ0n) is 23.0. The fourth-order valence-electron chi connectivity index (χ4n) is 4.25. The van der Waals surface area contributed by atoms with Crippen molar-refractivity contribution in [1.82, 2.24) is 10.6 Å². The topological polar surface area (TPSA) is 50.4 Å². The summed E-state index contributed by atoms with van der Waals surface area (Å²) in [6.07, 6.45) is 23.3. The van der Waals surface area contributed by atoms with E-state index in [1.807, 2.05) is 12.1 Å². The van der Waals surface area contributed by atoms with Crippen molar-refractivity contribution in [3.05, 3.63) is 28.2 Å². The summed E-state index contributed by atoms with van der Waals surface area (Å²) in [6.45, 7) is 5.87. The molecule has 1 aromatic rings. The summed E-state index contributed by atoms with van der Waals surface area (Å²) in [7, 11) is 0. The van der Waals surface area contributed by atoms with Crippen LogP contribution >= 0.6 is 28.1 Å². The lowest BCUT2D eigenvalue weighted by Gasteiger charge is -2.13. The van der Waals surface area contributed by atoms with Crippen molar-refractivity contribution in [3.8, 4) is 5.75 Å². The number of benzene rings is 1. The molecule has 0 saturated carbocycles. The maximum Gasteiger partial charge on any atom is 0.261 e. The number of nitrogens with one attached hydrogen (secondary N) is 2. The van der Waals surface area contributed by atoms with Crippen molar-refractivity contribution in [3.63, 3.8) is 0 Å². The van der Waals surface area contributed by atoms with Crippen LogP contribution in [0.25, 0.3) is 0 Å². The van der Waals surface area contributed by atoms with Crippen LogP contribution < -0.4 is 15.4 Å². The average molecular weight is 584 g/mol. The Morgan fingerprint density at radius 1 is 0.778 bits per heavy atom. The van der Waals surface area contributed by atoms with E-state index in [1.165, 1.54) is 96.3 Å². The molecule has 0 aromatic heterocycles. The van der Waals surface area contributed by atoms with Gasteiger partial charge in [-0.3, -0.25) is 10.1 Å². The number of ether oxygens (including phenoxy) is 1. The SMILES string of the molecule is CCCCCCCCCCCCCCCCNC(=S)NC(=O)c1cc(Br)ccc1OCCCCCC. The van der Waals surface area contributed by atoms with Crippen LogP contribution in [-0.2, 0) is 0 Å². The third-order valence-electron chi connectivity index (χ3n) is 6.48. The molecule has 6 heteroatoms. The van der Waals surface area contributed by atoms with E-state index in [0.717, 1.165) is 30.3 Å². The Kier molecular flexibility index (Phi) is 21.0. The molecule has 0 radical (unpaired) electrons. The predicted molar refractivity (Wildman–Crippen MR) is 162 cm³/mol. The van der Waals surface area contributed by atoms with E-state index in [1.54, 1.807) is 6.07 Å². The number of amides is 1. The lowest BCUT2D eigenvalue weighted by atomic mass is 10.0. The maximum absolute atomic E-state index is 12.8. The van der Waals surface area contributed by atoms with Gasteiger partial charge < -0.3 is 10.1 Å². The number of hydrogen-bond acceptors (Lipinski definition) is 3. The van der Waals surface area contributed by atoms with E-state index in [4.69, 9.17) is 17.0 Å². The van der Waals surface area contributed by atoms with Gasteiger partial charge in [-0.15, -0.1) is 0 Å². The van der Waals surface area contributed by atoms with Crippen LogP contribution in [-0.4, -0.2) is 24.2 Å². The highest BCUT2D eigenvalue weighted by Gasteiger charge is 2.14. The third-order valence-corrected chi connectivity index (χ3v) is 7.22. The van der Waals surface area contributed by atoms with Crippen LogP contribution in [0.4, 0.5) is 0 Å². The first-order chi connectivity index (χ1) is 17.6. The number of hydrogen-bond donors (Lipinski definition) is 2. The molecule has 0 aliphatic heterocycles. The molecule has 36 heavy (non-hydrogen) atoms. The summed E-state index contributed by atoms with van der Waals surface area (Å²) in [5.41, 5.74) is 0.500. The van der Waals surface area contributed by atoms with E-state index in [-0.39, 0.29) is 5.91 Å². The fourth-order valence-corrected chi connectivity index (χ4v) is 4.81. The molecule has 0 atom stereocenters. The molecular weight excluding hydrogens is 532 g/mol. The second-order valence-electron chi connectivity index (χ2n) is 9.86. The van der Waals surface area contributed by atoms with Crippen LogP contribution in [0, 0.1) is 0 Å². The van der Waals surface area contributed by atoms with Gasteiger partial charge in [0.1, 0.15) is 5.75 Å². The zero-order chi connectivity index (χ0) is 26.3. The Morgan fingerprint density at radius 3 is 1.83 bits per heavy atom. The number of carbonyl (C=O) groups excluding carboxylic acids is 1. The van der Waals surface area contributed by atoms with Crippen molar-refractivity contribution in [1.29, 1.82) is 0 Å². The fraction of sp³-hybridized carbons (Fsp3) is 0.733. The molecule has 0 aliphatic rings. The number of thiocarbonyl (C=S) groups is 1. The van der Waals surface area contributed by atoms with Gasteiger partial charge >= 0.3 is 0 Å². The standard InChI is InChI=1S/C30H51BrN2O2S/c1-3-5-7-9-10-11-12-13-14-15-16-17-18-19-23-32-30(36)33-29(34)27-25-26(31)21-22-28(27)35-24-20-8-6-4-2/h21-22,25H,3-20,23-24H2,1-2H3,(H2,32,33,34,36). The molecular formula is C30H51BrN2O2S. The van der Waals surface area contributed by atoms with Gasteiger partial charge in [-0.2, -0.15) is 0 Å². The quantitative estimate of drug-likeness (QED) is 0.105. The Balaban J connectivity index is 2.11. The minimum Gasteiger partial charge on any atom is -0.493 e. The highest BCUT2D eigenvalue weighted by atomic mass is 79.9. The van der Waals surface area contributed by atoms with Gasteiger partial charge in [-0.1, -0.05) is 133 Å². The lowest BCUT2D eigenvalue weighted by molar-refractivity contribution is 0.0972. The number of unbranched alkanes of at least 4 members (excludes halogenated alkanes) is 16. The second-order valence-corrected chi connectivity index (χ2v) is 11.2. The van der Waals surface area contributed by atoms with Crippen molar-refractivity contribution in [2.45, 2.75) is 129 Å². The third kappa shape index (κ3) is 17.3. The van der Waals surface area contributed by atoms with Gasteiger partial charge in [0.15, 0.2) is 5.11 Å². The Hall–Kier alpha value is -1.14. The van der Waals surface area contributed by atoms with E-state index in [2.05, 4.69) is 40.4 Å². The highest BCUT2D eigenvalue weighted by molar-refractivity contribution is 9.10. The molecule has 0 spiro atoms. The van der Waals surface area contributed by atoms with Crippen LogP contribution in [0.1, 0.15) is 140 Å². The van der Waals surface area contributed by atoms with Crippen LogP contribution in [0.15, 0.2) is 22.7 Å². The maximum atomic E-state index is 12.8. The van der Waals surface area contributed by atoms with E-state index >= 15 is 0 Å².